The molecule has 0 atom stereocenters. The third kappa shape index (κ3) is 3.44. The highest BCUT2D eigenvalue weighted by Crippen LogP contribution is 2.45. The minimum atomic E-state index is -0.769. The standard InChI is InChI=1S/C18H25NO4/c1-12-11-18(2,3)19(8-6-7-16(20)21)14-9-13(22-4)10-15(23-5)17(12)14/h9-11H,6-8H2,1-5H3,(H,20,21). The quantitative estimate of drug-likeness (QED) is 0.868. The zero-order chi connectivity index (χ0) is 17.2. The molecule has 2 rings (SSSR count). The van der Waals surface area contributed by atoms with E-state index >= 15 is 0 Å². The van der Waals surface area contributed by atoms with E-state index in [9.17, 15) is 4.79 Å². The summed E-state index contributed by atoms with van der Waals surface area (Å²) in [6.45, 7) is 6.99. The molecule has 0 aliphatic carbocycles. The van der Waals surface area contributed by atoms with Crippen LogP contribution in [0.5, 0.6) is 11.5 Å². The molecule has 1 aliphatic rings. The Kier molecular flexibility index (Phi) is 4.88. The molecule has 23 heavy (non-hydrogen) atoms. The zero-order valence-corrected chi connectivity index (χ0v) is 14.5. The summed E-state index contributed by atoms with van der Waals surface area (Å²) in [5, 5.41) is 8.90. The van der Waals surface area contributed by atoms with Gasteiger partial charge in [0.2, 0.25) is 0 Å². The van der Waals surface area contributed by atoms with Crippen molar-refractivity contribution < 1.29 is 19.4 Å². The highest BCUT2D eigenvalue weighted by Gasteiger charge is 2.33. The molecule has 0 bridgehead atoms. The molecule has 126 valence electrons. The Morgan fingerprint density at radius 2 is 1.96 bits per heavy atom. The van der Waals surface area contributed by atoms with E-state index in [0.717, 1.165) is 28.3 Å². The van der Waals surface area contributed by atoms with E-state index < -0.39 is 5.97 Å². The van der Waals surface area contributed by atoms with Gasteiger partial charge in [0.15, 0.2) is 0 Å². The largest absolute Gasteiger partial charge is 0.497 e. The smallest absolute Gasteiger partial charge is 0.303 e. The number of nitrogens with zero attached hydrogens (tertiary/aromatic N) is 1. The van der Waals surface area contributed by atoms with Crippen molar-refractivity contribution in [3.8, 4) is 11.5 Å². The van der Waals surface area contributed by atoms with Crippen molar-refractivity contribution in [2.75, 3.05) is 25.7 Å². The molecule has 1 N–H and O–H groups in total. The summed E-state index contributed by atoms with van der Waals surface area (Å²) in [7, 11) is 3.28. The fraction of sp³-hybridized carbons (Fsp3) is 0.500. The number of fused-ring (bicyclic) bond motifs is 1. The van der Waals surface area contributed by atoms with Crippen molar-refractivity contribution in [1.82, 2.24) is 0 Å². The molecule has 1 aromatic rings. The molecule has 0 saturated heterocycles. The number of methoxy groups -OCH3 is 2. The number of carbonyl (C=O) groups is 1. The van der Waals surface area contributed by atoms with Gasteiger partial charge >= 0.3 is 5.97 Å². The van der Waals surface area contributed by atoms with E-state index in [1.54, 1.807) is 14.2 Å². The van der Waals surface area contributed by atoms with Gasteiger partial charge in [-0.2, -0.15) is 0 Å². The Hall–Kier alpha value is -2.17. The summed E-state index contributed by atoms with van der Waals surface area (Å²) in [4.78, 5) is 13.1. The van der Waals surface area contributed by atoms with Crippen LogP contribution in [0.2, 0.25) is 0 Å². The van der Waals surface area contributed by atoms with Gasteiger partial charge in [0, 0.05) is 30.7 Å². The van der Waals surface area contributed by atoms with E-state index in [-0.39, 0.29) is 12.0 Å². The molecular weight excluding hydrogens is 294 g/mol. The van der Waals surface area contributed by atoms with Crippen LogP contribution in [0, 0.1) is 0 Å². The Balaban J connectivity index is 2.49. The Labute approximate surface area is 137 Å². The van der Waals surface area contributed by atoms with Crippen LogP contribution < -0.4 is 14.4 Å². The van der Waals surface area contributed by atoms with Crippen LogP contribution in [0.3, 0.4) is 0 Å². The maximum Gasteiger partial charge on any atom is 0.303 e. The zero-order valence-electron chi connectivity index (χ0n) is 14.5. The summed E-state index contributed by atoms with van der Waals surface area (Å²) < 4.78 is 10.9. The van der Waals surface area contributed by atoms with Gasteiger partial charge in [0.25, 0.3) is 0 Å². The van der Waals surface area contributed by atoms with Gasteiger partial charge < -0.3 is 19.5 Å². The van der Waals surface area contributed by atoms with Gasteiger partial charge in [-0.25, -0.2) is 0 Å². The molecule has 0 spiro atoms. The molecule has 0 saturated carbocycles. The van der Waals surface area contributed by atoms with Crippen LogP contribution in [0.15, 0.2) is 18.2 Å². The second-order valence-electron chi connectivity index (χ2n) is 6.35. The third-order valence-electron chi connectivity index (χ3n) is 4.23. The average Bonchev–Trinajstić information content (AvgIpc) is 2.48. The van der Waals surface area contributed by atoms with Crippen molar-refractivity contribution in [3.05, 3.63) is 23.8 Å². The Bertz CT molecular complexity index is 634. The lowest BCUT2D eigenvalue weighted by Gasteiger charge is -2.43. The minimum absolute atomic E-state index is 0.158. The summed E-state index contributed by atoms with van der Waals surface area (Å²) in [5.74, 6) is 0.733. The second kappa shape index (κ2) is 6.52. The fourth-order valence-corrected chi connectivity index (χ4v) is 3.25. The number of anilines is 1. The van der Waals surface area contributed by atoms with E-state index in [4.69, 9.17) is 14.6 Å². The van der Waals surface area contributed by atoms with Gasteiger partial charge in [-0.05, 0) is 32.8 Å². The van der Waals surface area contributed by atoms with Crippen LogP contribution in [-0.4, -0.2) is 37.4 Å². The summed E-state index contributed by atoms with van der Waals surface area (Å²) in [5.41, 5.74) is 3.02. The number of hydrogen-bond acceptors (Lipinski definition) is 4. The van der Waals surface area contributed by atoms with Crippen molar-refractivity contribution in [2.24, 2.45) is 0 Å². The first-order chi connectivity index (χ1) is 10.8. The van der Waals surface area contributed by atoms with Gasteiger partial charge in [-0.15, -0.1) is 0 Å². The van der Waals surface area contributed by atoms with Crippen LogP contribution in [0.1, 0.15) is 39.2 Å². The predicted molar refractivity (Wildman–Crippen MR) is 91.5 cm³/mol. The monoisotopic (exact) mass is 319 g/mol. The molecule has 1 aliphatic heterocycles. The predicted octanol–water partition coefficient (Wildman–Crippen LogP) is 3.57. The summed E-state index contributed by atoms with van der Waals surface area (Å²) in [6.07, 6.45) is 2.95. The number of carboxylic acids is 1. The molecule has 0 fully saturated rings. The SMILES string of the molecule is COc1cc(OC)c2c(c1)N(CCCC(=O)O)C(C)(C)C=C2C. The van der Waals surface area contributed by atoms with Crippen LogP contribution >= 0.6 is 0 Å². The molecule has 0 radical (unpaired) electrons. The number of carboxylic acid groups (broad SMARTS) is 1. The lowest BCUT2D eigenvalue weighted by molar-refractivity contribution is -0.137. The van der Waals surface area contributed by atoms with Gasteiger partial charge in [0.1, 0.15) is 11.5 Å². The molecule has 5 nitrogen and oxygen atoms in total. The van der Waals surface area contributed by atoms with Crippen molar-refractivity contribution in [2.45, 2.75) is 39.2 Å². The first-order valence-corrected chi connectivity index (χ1v) is 7.75. The van der Waals surface area contributed by atoms with E-state index in [1.807, 2.05) is 12.1 Å². The fourth-order valence-electron chi connectivity index (χ4n) is 3.25. The van der Waals surface area contributed by atoms with Crippen molar-refractivity contribution >= 4 is 17.2 Å². The first kappa shape index (κ1) is 17.2. The lowest BCUT2D eigenvalue weighted by atomic mass is 9.88. The number of benzene rings is 1. The van der Waals surface area contributed by atoms with E-state index in [2.05, 4.69) is 31.7 Å². The molecule has 0 unspecified atom stereocenters. The van der Waals surface area contributed by atoms with E-state index in [1.165, 1.54) is 0 Å². The first-order valence-electron chi connectivity index (χ1n) is 7.75. The molecule has 0 amide bonds. The normalized spacial score (nSPS) is 15.7. The van der Waals surface area contributed by atoms with Gasteiger partial charge in [-0.1, -0.05) is 6.08 Å². The number of ether oxygens (including phenoxy) is 2. The van der Waals surface area contributed by atoms with E-state index in [0.29, 0.717) is 13.0 Å². The average molecular weight is 319 g/mol. The van der Waals surface area contributed by atoms with Gasteiger partial charge in [0.05, 0.1) is 25.4 Å². The molecular formula is C18H25NO4. The third-order valence-corrected chi connectivity index (χ3v) is 4.23. The minimum Gasteiger partial charge on any atom is -0.497 e. The van der Waals surface area contributed by atoms with Crippen LogP contribution in [-0.2, 0) is 4.79 Å². The second-order valence-corrected chi connectivity index (χ2v) is 6.35. The summed E-state index contributed by atoms with van der Waals surface area (Å²) >= 11 is 0. The number of hydrogen-bond donors (Lipinski definition) is 1. The molecule has 1 heterocycles. The maximum absolute atomic E-state index is 10.8. The van der Waals surface area contributed by atoms with Crippen molar-refractivity contribution in [3.63, 3.8) is 0 Å². The van der Waals surface area contributed by atoms with Crippen molar-refractivity contribution in [1.29, 1.82) is 0 Å². The Morgan fingerprint density at radius 3 is 2.52 bits per heavy atom. The number of rotatable bonds is 6. The molecule has 5 heteroatoms. The molecule has 1 aromatic carbocycles. The summed E-state index contributed by atoms with van der Waals surface area (Å²) in [6, 6.07) is 3.88. The van der Waals surface area contributed by atoms with Crippen LogP contribution in [0.4, 0.5) is 5.69 Å². The number of aliphatic carboxylic acids is 1. The number of allylic oxidation sites excluding steroid dienone is 1. The molecule has 0 aromatic heterocycles. The Morgan fingerprint density at radius 1 is 1.26 bits per heavy atom. The topological polar surface area (TPSA) is 59.0 Å². The van der Waals surface area contributed by atoms with Gasteiger partial charge in [-0.3, -0.25) is 4.79 Å². The highest BCUT2D eigenvalue weighted by molar-refractivity contribution is 5.86. The highest BCUT2D eigenvalue weighted by atomic mass is 16.5. The lowest BCUT2D eigenvalue weighted by Crippen LogP contribution is -2.45. The maximum atomic E-state index is 10.8. The van der Waals surface area contributed by atoms with Crippen LogP contribution in [0.25, 0.3) is 5.57 Å².